The van der Waals surface area contributed by atoms with Gasteiger partial charge >= 0.3 is 0 Å². The van der Waals surface area contributed by atoms with E-state index in [1.54, 1.807) is 0 Å². The van der Waals surface area contributed by atoms with Crippen molar-refractivity contribution in [2.24, 2.45) is 0 Å². The van der Waals surface area contributed by atoms with Crippen molar-refractivity contribution in [1.29, 1.82) is 0 Å². The summed E-state index contributed by atoms with van der Waals surface area (Å²) in [4.78, 5) is 4.40. The van der Waals surface area contributed by atoms with Crippen molar-refractivity contribution in [3.8, 4) is 5.75 Å². The second-order valence-corrected chi connectivity index (χ2v) is 4.90. The summed E-state index contributed by atoms with van der Waals surface area (Å²) in [7, 11) is 0. The monoisotopic (exact) mass is 294 g/mol. The Morgan fingerprint density at radius 3 is 2.65 bits per heavy atom. The van der Waals surface area contributed by atoms with Gasteiger partial charge in [0.15, 0.2) is 0 Å². The third kappa shape index (κ3) is 3.09. The summed E-state index contributed by atoms with van der Waals surface area (Å²) >= 11 is 3.39. The minimum atomic E-state index is 0.378. The molecule has 0 amide bonds. The molecule has 0 saturated carbocycles. The highest BCUT2D eigenvalue weighted by atomic mass is 79.9. The summed E-state index contributed by atoms with van der Waals surface area (Å²) in [5, 5.41) is 0. The highest BCUT2D eigenvalue weighted by molar-refractivity contribution is 9.10. The Kier molecular flexibility index (Phi) is 3.84. The number of halogens is 1. The number of rotatable bonds is 4. The molecule has 4 heteroatoms. The van der Waals surface area contributed by atoms with Gasteiger partial charge in [-0.2, -0.15) is 0 Å². The van der Waals surface area contributed by atoms with E-state index in [-0.39, 0.29) is 0 Å². The third-order valence-electron chi connectivity index (χ3n) is 2.45. The first-order valence-corrected chi connectivity index (χ1v) is 6.37. The molecule has 90 valence electrons. The van der Waals surface area contributed by atoms with E-state index >= 15 is 0 Å². The van der Waals surface area contributed by atoms with Gasteiger partial charge in [-0.3, -0.25) is 0 Å². The van der Waals surface area contributed by atoms with Crippen LogP contribution in [-0.4, -0.2) is 9.55 Å². The molecule has 3 nitrogen and oxygen atoms in total. The molecule has 1 heterocycles. The van der Waals surface area contributed by atoms with Crippen LogP contribution in [-0.2, 0) is 6.61 Å². The van der Waals surface area contributed by atoms with E-state index in [4.69, 9.17) is 4.74 Å². The maximum absolute atomic E-state index is 5.69. The van der Waals surface area contributed by atoms with Crippen LogP contribution in [0.25, 0.3) is 0 Å². The van der Waals surface area contributed by atoms with Crippen LogP contribution in [0.15, 0.2) is 41.1 Å². The summed E-state index contributed by atoms with van der Waals surface area (Å²) < 4.78 is 8.64. The number of imidazole rings is 1. The van der Waals surface area contributed by atoms with Gasteiger partial charge in [-0.05, 0) is 41.9 Å². The highest BCUT2D eigenvalue weighted by Gasteiger charge is 2.09. The average Bonchev–Trinajstić information content (AvgIpc) is 2.69. The Labute approximate surface area is 110 Å². The van der Waals surface area contributed by atoms with Crippen molar-refractivity contribution in [3.05, 3.63) is 47.0 Å². The molecule has 0 aliphatic carbocycles. The van der Waals surface area contributed by atoms with Gasteiger partial charge < -0.3 is 9.30 Å². The number of aromatic nitrogens is 2. The van der Waals surface area contributed by atoms with Crippen molar-refractivity contribution in [2.75, 3.05) is 0 Å². The van der Waals surface area contributed by atoms with Gasteiger partial charge in [-0.25, -0.2) is 4.98 Å². The first kappa shape index (κ1) is 12.2. The van der Waals surface area contributed by atoms with E-state index in [0.29, 0.717) is 12.6 Å². The Morgan fingerprint density at radius 1 is 1.29 bits per heavy atom. The molecule has 0 radical (unpaired) electrons. The molecule has 0 unspecified atom stereocenters. The van der Waals surface area contributed by atoms with Crippen molar-refractivity contribution in [1.82, 2.24) is 9.55 Å². The zero-order chi connectivity index (χ0) is 12.3. The maximum atomic E-state index is 5.69. The first-order valence-electron chi connectivity index (χ1n) is 5.58. The molecule has 1 aromatic carbocycles. The predicted molar refractivity (Wildman–Crippen MR) is 71.1 cm³/mol. The lowest BCUT2D eigenvalue weighted by Crippen LogP contribution is -2.08. The van der Waals surface area contributed by atoms with Crippen molar-refractivity contribution >= 4 is 15.9 Å². The van der Waals surface area contributed by atoms with Gasteiger partial charge in [0.2, 0.25) is 0 Å². The van der Waals surface area contributed by atoms with Crippen molar-refractivity contribution in [2.45, 2.75) is 26.5 Å². The zero-order valence-corrected chi connectivity index (χ0v) is 11.5. The average molecular weight is 295 g/mol. The number of hydrogen-bond donors (Lipinski definition) is 0. The van der Waals surface area contributed by atoms with Crippen molar-refractivity contribution < 1.29 is 4.74 Å². The number of nitrogens with zero attached hydrogens (tertiary/aromatic N) is 2. The summed E-state index contributed by atoms with van der Waals surface area (Å²) in [5.41, 5.74) is 0. The standard InChI is InChI=1S/C13H15BrN2O/c1-10(2)16-8-12(14)15-13(16)9-17-11-6-4-3-5-7-11/h3-8,10H,9H2,1-2H3. The summed E-state index contributed by atoms with van der Waals surface area (Å²) in [6, 6.07) is 10.2. The lowest BCUT2D eigenvalue weighted by molar-refractivity contribution is 0.286. The molecular weight excluding hydrogens is 280 g/mol. The minimum absolute atomic E-state index is 0.378. The van der Waals surface area contributed by atoms with E-state index < -0.39 is 0 Å². The molecular formula is C13H15BrN2O. The van der Waals surface area contributed by atoms with E-state index in [9.17, 15) is 0 Å². The number of ether oxygens (including phenoxy) is 1. The smallest absolute Gasteiger partial charge is 0.148 e. The lowest BCUT2D eigenvalue weighted by atomic mass is 10.3. The quantitative estimate of drug-likeness (QED) is 0.857. The van der Waals surface area contributed by atoms with E-state index in [1.807, 2.05) is 36.5 Å². The fourth-order valence-electron chi connectivity index (χ4n) is 1.62. The fraction of sp³-hybridized carbons (Fsp3) is 0.308. The third-order valence-corrected chi connectivity index (χ3v) is 2.83. The van der Waals surface area contributed by atoms with Crippen LogP contribution >= 0.6 is 15.9 Å². The molecule has 17 heavy (non-hydrogen) atoms. The Balaban J connectivity index is 2.09. The molecule has 0 aliphatic rings. The minimum Gasteiger partial charge on any atom is -0.486 e. The zero-order valence-electron chi connectivity index (χ0n) is 9.93. The SMILES string of the molecule is CC(C)n1cc(Br)nc1COc1ccccc1. The fourth-order valence-corrected chi connectivity index (χ4v) is 2.04. The second-order valence-electron chi connectivity index (χ2n) is 4.08. The van der Waals surface area contributed by atoms with Gasteiger partial charge in [-0.1, -0.05) is 18.2 Å². The Morgan fingerprint density at radius 2 is 2.00 bits per heavy atom. The summed E-state index contributed by atoms with van der Waals surface area (Å²) in [5.74, 6) is 1.79. The number of para-hydroxylation sites is 1. The largest absolute Gasteiger partial charge is 0.486 e. The van der Waals surface area contributed by atoms with E-state index in [0.717, 1.165) is 16.2 Å². The highest BCUT2D eigenvalue weighted by Crippen LogP contribution is 2.17. The van der Waals surface area contributed by atoms with Gasteiger partial charge in [-0.15, -0.1) is 0 Å². The Hall–Kier alpha value is -1.29. The predicted octanol–water partition coefficient (Wildman–Crippen LogP) is 3.81. The van der Waals surface area contributed by atoms with Crippen LogP contribution < -0.4 is 4.74 Å². The van der Waals surface area contributed by atoms with Crippen molar-refractivity contribution in [3.63, 3.8) is 0 Å². The maximum Gasteiger partial charge on any atom is 0.148 e. The molecule has 1 aromatic heterocycles. The normalized spacial score (nSPS) is 10.8. The second kappa shape index (κ2) is 5.36. The van der Waals surface area contributed by atoms with E-state index in [2.05, 4.69) is 39.3 Å². The van der Waals surface area contributed by atoms with Crippen LogP contribution in [0.5, 0.6) is 5.75 Å². The Bertz CT molecular complexity index is 479. The van der Waals surface area contributed by atoms with Gasteiger partial charge in [0.05, 0.1) is 0 Å². The summed E-state index contributed by atoms with van der Waals surface area (Å²) in [6.07, 6.45) is 1.98. The van der Waals surface area contributed by atoms with Crippen LogP contribution in [0.1, 0.15) is 25.7 Å². The topological polar surface area (TPSA) is 27.1 Å². The summed E-state index contributed by atoms with van der Waals surface area (Å²) in [6.45, 7) is 4.73. The van der Waals surface area contributed by atoms with Gasteiger partial charge in [0.25, 0.3) is 0 Å². The molecule has 0 atom stereocenters. The van der Waals surface area contributed by atoms with Crippen LogP contribution in [0.2, 0.25) is 0 Å². The number of benzene rings is 1. The van der Waals surface area contributed by atoms with Gasteiger partial charge in [0, 0.05) is 12.2 Å². The molecule has 0 N–H and O–H groups in total. The first-order chi connectivity index (χ1) is 8.16. The molecule has 0 spiro atoms. The molecule has 0 fully saturated rings. The van der Waals surface area contributed by atoms with Gasteiger partial charge in [0.1, 0.15) is 22.8 Å². The van der Waals surface area contributed by atoms with Crippen LogP contribution in [0.3, 0.4) is 0 Å². The molecule has 0 bridgehead atoms. The van der Waals surface area contributed by atoms with Crippen LogP contribution in [0.4, 0.5) is 0 Å². The molecule has 0 saturated heterocycles. The lowest BCUT2D eigenvalue weighted by Gasteiger charge is -2.11. The number of hydrogen-bond acceptors (Lipinski definition) is 2. The van der Waals surface area contributed by atoms with E-state index in [1.165, 1.54) is 0 Å². The molecule has 2 rings (SSSR count). The van der Waals surface area contributed by atoms with Crippen LogP contribution in [0, 0.1) is 0 Å². The molecule has 0 aliphatic heterocycles. The molecule has 2 aromatic rings.